The average Bonchev–Trinajstić information content (AvgIpc) is 3.23. The maximum absolute atomic E-state index is 9.26. The fraction of sp³-hybridized carbons (Fsp3) is 0. The zero-order valence-electron chi connectivity index (χ0n) is 17.9. The molecule has 0 N–H and O–H groups in total. The third kappa shape index (κ3) is 3.28. The van der Waals surface area contributed by atoms with Crippen LogP contribution in [0, 0.1) is 11.3 Å². The van der Waals surface area contributed by atoms with Crippen molar-refractivity contribution in [2.24, 2.45) is 0 Å². The molecule has 0 bridgehead atoms. The zero-order valence-corrected chi connectivity index (χ0v) is 17.9. The summed E-state index contributed by atoms with van der Waals surface area (Å²) in [5.74, 6) is 0. The van der Waals surface area contributed by atoms with Gasteiger partial charge in [-0.15, -0.1) is 0 Å². The van der Waals surface area contributed by atoms with Gasteiger partial charge in [0.25, 0.3) is 0 Å². The number of nitrogens with zero attached hydrogens (tertiary/aromatic N) is 2. The molecule has 1 heterocycles. The molecule has 2 heteroatoms. The number of aromatic nitrogens is 1. The van der Waals surface area contributed by atoms with Crippen molar-refractivity contribution in [3.05, 3.63) is 127 Å². The Bertz CT molecular complexity index is 1630. The first kappa shape index (κ1) is 19.1. The monoisotopic (exact) mass is 420 g/mol. The minimum absolute atomic E-state index is 0.672. The highest BCUT2D eigenvalue weighted by Gasteiger charge is 2.12. The highest BCUT2D eigenvalue weighted by atomic mass is 15.0. The molecule has 0 fully saturated rings. The molecule has 0 aliphatic heterocycles. The molecule has 0 amide bonds. The molecule has 0 aliphatic rings. The quantitative estimate of drug-likeness (QED) is 0.285. The fourth-order valence-electron chi connectivity index (χ4n) is 4.67. The summed E-state index contributed by atoms with van der Waals surface area (Å²) in [5, 5.41) is 11.8. The van der Waals surface area contributed by atoms with Crippen LogP contribution in [0.3, 0.4) is 0 Å². The highest BCUT2D eigenvalue weighted by molar-refractivity contribution is 6.09. The summed E-state index contributed by atoms with van der Waals surface area (Å²) < 4.78 is 2.34. The van der Waals surface area contributed by atoms with Crippen molar-refractivity contribution >= 4 is 21.8 Å². The molecule has 6 rings (SSSR count). The lowest BCUT2D eigenvalue weighted by Crippen LogP contribution is -1.94. The van der Waals surface area contributed by atoms with Crippen LogP contribution in [-0.4, -0.2) is 4.57 Å². The summed E-state index contributed by atoms with van der Waals surface area (Å²) in [6, 6.07) is 44.4. The fourth-order valence-corrected chi connectivity index (χ4v) is 4.67. The van der Waals surface area contributed by atoms with E-state index in [0.717, 1.165) is 27.9 Å². The molecule has 33 heavy (non-hydrogen) atoms. The second-order valence-electron chi connectivity index (χ2n) is 8.19. The molecular formula is C31H20N2. The summed E-state index contributed by atoms with van der Waals surface area (Å²) in [7, 11) is 0. The first-order valence-electron chi connectivity index (χ1n) is 11.0. The van der Waals surface area contributed by atoms with E-state index in [1.54, 1.807) is 0 Å². The van der Waals surface area contributed by atoms with E-state index in [2.05, 4.69) is 114 Å². The Balaban J connectivity index is 1.50. The van der Waals surface area contributed by atoms with E-state index in [4.69, 9.17) is 0 Å². The van der Waals surface area contributed by atoms with E-state index in [0.29, 0.717) is 5.56 Å². The lowest BCUT2D eigenvalue weighted by Gasteiger charge is -2.11. The number of nitriles is 1. The Morgan fingerprint density at radius 3 is 1.64 bits per heavy atom. The van der Waals surface area contributed by atoms with Gasteiger partial charge in [0, 0.05) is 16.5 Å². The van der Waals surface area contributed by atoms with Crippen molar-refractivity contribution in [3.8, 4) is 34.0 Å². The largest absolute Gasteiger partial charge is 0.309 e. The predicted octanol–water partition coefficient (Wildman–Crippen LogP) is 7.99. The SMILES string of the molecule is N#Cc1cccc(-c2cccc(-c3cccc(-n4c5ccccc5c5ccccc54)c3)c2)c1. The maximum Gasteiger partial charge on any atom is 0.0991 e. The lowest BCUT2D eigenvalue weighted by molar-refractivity contribution is 1.18. The van der Waals surface area contributed by atoms with Gasteiger partial charge in [0.2, 0.25) is 0 Å². The number of fused-ring (bicyclic) bond motifs is 3. The number of rotatable bonds is 3. The van der Waals surface area contributed by atoms with Gasteiger partial charge in [-0.1, -0.05) is 78.9 Å². The van der Waals surface area contributed by atoms with Gasteiger partial charge in [0.15, 0.2) is 0 Å². The van der Waals surface area contributed by atoms with Gasteiger partial charge in [-0.2, -0.15) is 5.26 Å². The van der Waals surface area contributed by atoms with E-state index in [1.165, 1.54) is 21.8 Å². The van der Waals surface area contributed by atoms with Gasteiger partial charge in [-0.25, -0.2) is 0 Å². The van der Waals surface area contributed by atoms with Crippen LogP contribution in [0.5, 0.6) is 0 Å². The smallest absolute Gasteiger partial charge is 0.0991 e. The molecule has 0 unspecified atom stereocenters. The third-order valence-electron chi connectivity index (χ3n) is 6.21. The standard InChI is InChI=1S/C31H20N2/c32-21-22-8-5-9-23(18-22)24-10-6-11-25(19-24)26-12-7-13-27(20-26)33-30-16-3-1-14-28(30)29-15-2-4-17-31(29)33/h1-20H. The molecule has 6 aromatic rings. The normalized spacial score (nSPS) is 11.0. The van der Waals surface area contributed by atoms with E-state index >= 15 is 0 Å². The first-order valence-corrected chi connectivity index (χ1v) is 11.0. The summed E-state index contributed by atoms with van der Waals surface area (Å²) in [4.78, 5) is 0. The summed E-state index contributed by atoms with van der Waals surface area (Å²) in [6.07, 6.45) is 0. The topological polar surface area (TPSA) is 28.7 Å². The van der Waals surface area contributed by atoms with E-state index in [9.17, 15) is 5.26 Å². The van der Waals surface area contributed by atoms with Crippen LogP contribution in [0.25, 0.3) is 49.7 Å². The van der Waals surface area contributed by atoms with E-state index in [-0.39, 0.29) is 0 Å². The van der Waals surface area contributed by atoms with Gasteiger partial charge in [0.05, 0.1) is 22.7 Å². The molecule has 0 saturated heterocycles. The maximum atomic E-state index is 9.26. The highest BCUT2D eigenvalue weighted by Crippen LogP contribution is 2.33. The molecule has 1 aromatic heterocycles. The molecule has 5 aromatic carbocycles. The van der Waals surface area contributed by atoms with Gasteiger partial charge in [0.1, 0.15) is 0 Å². The van der Waals surface area contributed by atoms with Crippen LogP contribution in [0.15, 0.2) is 121 Å². The minimum atomic E-state index is 0.672. The predicted molar refractivity (Wildman–Crippen MR) is 136 cm³/mol. The Hall–Kier alpha value is -4.61. The van der Waals surface area contributed by atoms with Crippen molar-refractivity contribution in [3.63, 3.8) is 0 Å². The van der Waals surface area contributed by atoms with Crippen molar-refractivity contribution in [2.75, 3.05) is 0 Å². The van der Waals surface area contributed by atoms with Crippen LogP contribution >= 0.6 is 0 Å². The van der Waals surface area contributed by atoms with E-state index in [1.807, 2.05) is 18.2 Å². The summed E-state index contributed by atoms with van der Waals surface area (Å²) in [5.41, 5.74) is 8.69. The Morgan fingerprint density at radius 1 is 0.485 bits per heavy atom. The molecule has 0 atom stereocenters. The molecule has 0 spiro atoms. The summed E-state index contributed by atoms with van der Waals surface area (Å²) in [6.45, 7) is 0. The molecule has 154 valence electrons. The van der Waals surface area contributed by atoms with Crippen molar-refractivity contribution in [1.82, 2.24) is 4.57 Å². The average molecular weight is 421 g/mol. The van der Waals surface area contributed by atoms with Gasteiger partial charge >= 0.3 is 0 Å². The summed E-state index contributed by atoms with van der Waals surface area (Å²) >= 11 is 0. The molecule has 0 radical (unpaired) electrons. The van der Waals surface area contributed by atoms with Gasteiger partial charge in [-0.3, -0.25) is 0 Å². The third-order valence-corrected chi connectivity index (χ3v) is 6.21. The number of para-hydroxylation sites is 2. The van der Waals surface area contributed by atoms with Crippen LogP contribution in [0.1, 0.15) is 5.56 Å². The van der Waals surface area contributed by atoms with Gasteiger partial charge < -0.3 is 4.57 Å². The molecule has 2 nitrogen and oxygen atoms in total. The Morgan fingerprint density at radius 2 is 1.00 bits per heavy atom. The zero-order chi connectivity index (χ0) is 22.2. The van der Waals surface area contributed by atoms with Gasteiger partial charge in [-0.05, 0) is 64.7 Å². The van der Waals surface area contributed by atoms with Crippen molar-refractivity contribution < 1.29 is 0 Å². The van der Waals surface area contributed by atoms with Crippen molar-refractivity contribution in [2.45, 2.75) is 0 Å². The number of benzene rings is 5. The second kappa shape index (κ2) is 7.82. The lowest BCUT2D eigenvalue weighted by atomic mass is 9.98. The first-order chi connectivity index (χ1) is 16.3. The Kier molecular flexibility index (Phi) is 4.53. The number of hydrogen-bond acceptors (Lipinski definition) is 1. The minimum Gasteiger partial charge on any atom is -0.309 e. The van der Waals surface area contributed by atoms with Crippen LogP contribution in [0.4, 0.5) is 0 Å². The molecule has 0 saturated carbocycles. The van der Waals surface area contributed by atoms with Crippen LogP contribution < -0.4 is 0 Å². The van der Waals surface area contributed by atoms with E-state index < -0.39 is 0 Å². The van der Waals surface area contributed by atoms with Crippen molar-refractivity contribution in [1.29, 1.82) is 5.26 Å². The van der Waals surface area contributed by atoms with Crippen LogP contribution in [0.2, 0.25) is 0 Å². The molecule has 0 aliphatic carbocycles. The second-order valence-corrected chi connectivity index (χ2v) is 8.19. The number of hydrogen-bond donors (Lipinski definition) is 0. The molecular weight excluding hydrogens is 400 g/mol. The van der Waals surface area contributed by atoms with Crippen LogP contribution in [-0.2, 0) is 0 Å². The Labute approximate surface area is 192 Å².